The highest BCUT2D eigenvalue weighted by molar-refractivity contribution is 5.88. The number of rotatable bonds is 6. The molecule has 0 spiro atoms. The van der Waals surface area contributed by atoms with Crippen LogP contribution in [0.3, 0.4) is 0 Å². The predicted octanol–water partition coefficient (Wildman–Crippen LogP) is 2.96. The fourth-order valence-corrected chi connectivity index (χ4v) is 2.86. The van der Waals surface area contributed by atoms with Crippen molar-refractivity contribution in [1.82, 2.24) is 15.5 Å². The van der Waals surface area contributed by atoms with Crippen LogP contribution in [-0.4, -0.2) is 41.6 Å². The zero-order valence-electron chi connectivity index (χ0n) is 15.0. The maximum absolute atomic E-state index is 12.0. The highest BCUT2D eigenvalue weighted by atomic mass is 16.5. The van der Waals surface area contributed by atoms with Crippen LogP contribution in [0.15, 0.2) is 42.5 Å². The second-order valence-electron chi connectivity index (χ2n) is 6.56. The largest absolute Gasteiger partial charge is 0.474 e. The quantitative estimate of drug-likeness (QED) is 0.831. The summed E-state index contributed by atoms with van der Waals surface area (Å²) in [5.41, 5.74) is 1.28. The molecule has 0 unspecified atom stereocenters. The summed E-state index contributed by atoms with van der Waals surface area (Å²) in [5, 5.41) is 13.3. The van der Waals surface area contributed by atoms with Crippen molar-refractivity contribution in [3.05, 3.63) is 48.0 Å². The average molecular weight is 356 g/mol. The topological polar surface area (TPSA) is 85.4 Å². The molecule has 7 heteroatoms. The monoisotopic (exact) mass is 356 g/mol. The first-order chi connectivity index (χ1) is 12.6. The third-order valence-electron chi connectivity index (χ3n) is 4.08. The van der Waals surface area contributed by atoms with Crippen molar-refractivity contribution in [2.75, 3.05) is 18.5 Å². The van der Waals surface area contributed by atoms with Crippen molar-refractivity contribution >= 4 is 11.8 Å². The molecule has 0 bridgehead atoms. The van der Waals surface area contributed by atoms with E-state index in [-0.39, 0.29) is 18.2 Å². The maximum atomic E-state index is 12.0. The van der Waals surface area contributed by atoms with Crippen LogP contribution in [0.2, 0.25) is 0 Å². The standard InChI is InChI=1S/C19H24N4O3/c1-13(2)26-18-9-8-17(22-23-18)21-19(24)20-11-16-10-15(12-25-16)14-6-4-3-5-7-14/h3-9,13,15-16H,10-12H2,1-2H3,(H2,20,21,22,24)/t15-,16-/m0/s1. The highest BCUT2D eigenvalue weighted by Crippen LogP contribution is 2.28. The van der Waals surface area contributed by atoms with Crippen LogP contribution in [0.5, 0.6) is 5.88 Å². The minimum absolute atomic E-state index is 0.0128. The minimum Gasteiger partial charge on any atom is -0.474 e. The summed E-state index contributed by atoms with van der Waals surface area (Å²) in [4.78, 5) is 12.0. The van der Waals surface area contributed by atoms with Crippen LogP contribution in [0.4, 0.5) is 10.6 Å². The molecule has 26 heavy (non-hydrogen) atoms. The van der Waals surface area contributed by atoms with Crippen LogP contribution >= 0.6 is 0 Å². The Labute approximate surface area is 153 Å². The molecule has 7 nitrogen and oxygen atoms in total. The van der Waals surface area contributed by atoms with Crippen molar-refractivity contribution < 1.29 is 14.3 Å². The lowest BCUT2D eigenvalue weighted by Gasteiger charge is -2.12. The summed E-state index contributed by atoms with van der Waals surface area (Å²) in [6.45, 7) is 4.96. The second-order valence-corrected chi connectivity index (χ2v) is 6.56. The lowest BCUT2D eigenvalue weighted by molar-refractivity contribution is 0.110. The van der Waals surface area contributed by atoms with E-state index in [4.69, 9.17) is 9.47 Å². The van der Waals surface area contributed by atoms with Gasteiger partial charge in [-0.15, -0.1) is 10.2 Å². The number of aromatic nitrogens is 2. The number of urea groups is 1. The molecule has 1 aliphatic rings. The van der Waals surface area contributed by atoms with Crippen molar-refractivity contribution in [1.29, 1.82) is 0 Å². The molecule has 0 aliphatic carbocycles. The molecule has 1 saturated heterocycles. The number of amides is 2. The molecule has 1 aliphatic heterocycles. The summed E-state index contributed by atoms with van der Waals surface area (Å²) in [6, 6.07) is 13.3. The van der Waals surface area contributed by atoms with Crippen LogP contribution in [-0.2, 0) is 4.74 Å². The van der Waals surface area contributed by atoms with Gasteiger partial charge in [0.25, 0.3) is 0 Å². The van der Waals surface area contributed by atoms with Crippen LogP contribution in [0, 0.1) is 0 Å². The predicted molar refractivity (Wildman–Crippen MR) is 98.4 cm³/mol. The molecular weight excluding hydrogens is 332 g/mol. The maximum Gasteiger partial charge on any atom is 0.320 e. The summed E-state index contributed by atoms with van der Waals surface area (Å²) < 4.78 is 11.2. The molecule has 2 heterocycles. The summed E-state index contributed by atoms with van der Waals surface area (Å²) >= 11 is 0. The number of benzene rings is 1. The molecule has 2 N–H and O–H groups in total. The van der Waals surface area contributed by atoms with Gasteiger partial charge >= 0.3 is 6.03 Å². The van der Waals surface area contributed by atoms with Crippen molar-refractivity contribution in [3.63, 3.8) is 0 Å². The van der Waals surface area contributed by atoms with Gasteiger partial charge in [-0.25, -0.2) is 4.79 Å². The average Bonchev–Trinajstić information content (AvgIpc) is 3.11. The molecular formula is C19H24N4O3. The molecule has 2 amide bonds. The fourth-order valence-electron chi connectivity index (χ4n) is 2.86. The Morgan fingerprint density at radius 2 is 2.04 bits per heavy atom. The Balaban J connectivity index is 1.42. The number of carbonyl (C=O) groups is 1. The Bertz CT molecular complexity index is 706. The van der Waals surface area contributed by atoms with E-state index in [1.54, 1.807) is 12.1 Å². The molecule has 1 aromatic carbocycles. The summed E-state index contributed by atoms with van der Waals surface area (Å²) in [7, 11) is 0. The number of nitrogens with zero attached hydrogens (tertiary/aromatic N) is 2. The van der Waals surface area contributed by atoms with Crippen molar-refractivity contribution in [3.8, 4) is 5.88 Å². The molecule has 2 atom stereocenters. The van der Waals surface area contributed by atoms with Gasteiger partial charge in [-0.05, 0) is 31.9 Å². The van der Waals surface area contributed by atoms with E-state index < -0.39 is 0 Å². The van der Waals surface area contributed by atoms with Gasteiger partial charge in [0.1, 0.15) is 0 Å². The SMILES string of the molecule is CC(C)Oc1ccc(NC(=O)NC[C@@H]2C[C@H](c3ccccc3)CO2)nn1. The van der Waals surface area contributed by atoms with E-state index >= 15 is 0 Å². The molecule has 138 valence electrons. The third-order valence-corrected chi connectivity index (χ3v) is 4.08. The van der Waals surface area contributed by atoms with Crippen LogP contribution in [0.1, 0.15) is 31.7 Å². The van der Waals surface area contributed by atoms with E-state index in [0.29, 0.717) is 30.8 Å². The van der Waals surface area contributed by atoms with Gasteiger partial charge in [0.2, 0.25) is 5.88 Å². The first kappa shape index (κ1) is 18.1. The first-order valence-corrected chi connectivity index (χ1v) is 8.82. The zero-order valence-corrected chi connectivity index (χ0v) is 15.0. The Morgan fingerprint density at radius 1 is 1.23 bits per heavy atom. The summed E-state index contributed by atoms with van der Waals surface area (Å²) in [5.74, 6) is 1.18. The van der Waals surface area contributed by atoms with Gasteiger partial charge in [-0.3, -0.25) is 5.32 Å². The molecule has 2 aromatic rings. The molecule has 0 saturated carbocycles. The highest BCUT2D eigenvalue weighted by Gasteiger charge is 2.26. The van der Waals surface area contributed by atoms with Gasteiger partial charge in [0, 0.05) is 18.5 Å². The molecule has 0 radical (unpaired) electrons. The van der Waals surface area contributed by atoms with Gasteiger partial charge in [0.15, 0.2) is 5.82 Å². The lowest BCUT2D eigenvalue weighted by Crippen LogP contribution is -2.35. The smallest absolute Gasteiger partial charge is 0.320 e. The normalized spacial score (nSPS) is 19.3. The Hall–Kier alpha value is -2.67. The van der Waals surface area contributed by atoms with Gasteiger partial charge in [-0.1, -0.05) is 30.3 Å². The molecule has 1 aromatic heterocycles. The Kier molecular flexibility index (Phi) is 6.01. The van der Waals surface area contributed by atoms with Crippen molar-refractivity contribution in [2.24, 2.45) is 0 Å². The molecule has 1 fully saturated rings. The second kappa shape index (κ2) is 8.62. The van der Waals surface area contributed by atoms with E-state index in [9.17, 15) is 4.79 Å². The number of hydrogen-bond acceptors (Lipinski definition) is 5. The molecule has 3 rings (SSSR count). The number of carbonyl (C=O) groups excluding carboxylic acids is 1. The van der Waals surface area contributed by atoms with Crippen molar-refractivity contribution in [2.45, 2.75) is 38.4 Å². The van der Waals surface area contributed by atoms with Crippen LogP contribution in [0.25, 0.3) is 0 Å². The Morgan fingerprint density at radius 3 is 2.73 bits per heavy atom. The zero-order chi connectivity index (χ0) is 18.4. The first-order valence-electron chi connectivity index (χ1n) is 8.82. The number of anilines is 1. The number of ether oxygens (including phenoxy) is 2. The van der Waals surface area contributed by atoms with E-state index in [1.165, 1.54) is 5.56 Å². The van der Waals surface area contributed by atoms with Gasteiger partial charge in [-0.2, -0.15) is 0 Å². The minimum atomic E-state index is -0.330. The van der Waals surface area contributed by atoms with Crippen LogP contribution < -0.4 is 15.4 Å². The number of hydrogen-bond donors (Lipinski definition) is 2. The van der Waals surface area contributed by atoms with Gasteiger partial charge < -0.3 is 14.8 Å². The summed E-state index contributed by atoms with van der Waals surface area (Å²) in [6.07, 6.45) is 0.933. The third kappa shape index (κ3) is 5.16. The number of nitrogens with one attached hydrogen (secondary N) is 2. The van der Waals surface area contributed by atoms with E-state index in [2.05, 4.69) is 33.0 Å². The fraction of sp³-hybridized carbons (Fsp3) is 0.421. The lowest BCUT2D eigenvalue weighted by atomic mass is 9.96. The van der Waals surface area contributed by atoms with E-state index in [0.717, 1.165) is 6.42 Å². The van der Waals surface area contributed by atoms with E-state index in [1.807, 2.05) is 32.0 Å². The van der Waals surface area contributed by atoms with Gasteiger partial charge in [0.05, 0.1) is 18.8 Å².